The Balaban J connectivity index is 5.06. The molecule has 0 heterocycles. The Hall–Kier alpha value is -1.85. The van der Waals surface area contributed by atoms with Crippen molar-refractivity contribution in [3.8, 4) is 0 Å². The van der Waals surface area contributed by atoms with Gasteiger partial charge in [-0.05, 0) is 45.1 Å². The Morgan fingerprint density at radius 2 is 1.48 bits per heavy atom. The highest BCUT2D eigenvalue weighted by molar-refractivity contribution is 7.80. The summed E-state index contributed by atoms with van der Waals surface area (Å²) in [5, 5.41) is 16.4. The Morgan fingerprint density at radius 3 is 1.97 bits per heavy atom. The summed E-state index contributed by atoms with van der Waals surface area (Å²) in [6.45, 7) is 5.61. The van der Waals surface area contributed by atoms with Crippen LogP contribution in [-0.2, 0) is 19.2 Å². The van der Waals surface area contributed by atoms with Crippen LogP contribution in [0, 0.1) is 5.92 Å². The van der Waals surface area contributed by atoms with Crippen LogP contribution in [-0.4, -0.2) is 65.3 Å². The van der Waals surface area contributed by atoms with Gasteiger partial charge in [0.25, 0.3) is 0 Å². The highest BCUT2D eigenvalue weighted by Crippen LogP contribution is 2.05. The normalized spacial score (nSPS) is 15.1. The minimum Gasteiger partial charge on any atom is -0.480 e. The topological polar surface area (TPSA) is 177 Å². The number of hydrogen-bond donors (Lipinski definition) is 7. The zero-order valence-corrected chi connectivity index (χ0v) is 18.2. The molecule has 0 aromatic carbocycles. The molecule has 0 saturated carbocycles. The van der Waals surface area contributed by atoms with Crippen molar-refractivity contribution >= 4 is 36.3 Å². The number of carboxylic acids is 1. The van der Waals surface area contributed by atoms with Gasteiger partial charge in [-0.3, -0.25) is 19.2 Å². The largest absolute Gasteiger partial charge is 0.480 e. The predicted octanol–water partition coefficient (Wildman–Crippen LogP) is -1.02. The van der Waals surface area contributed by atoms with Gasteiger partial charge in [0.05, 0.1) is 6.04 Å². The van der Waals surface area contributed by atoms with E-state index in [9.17, 15) is 19.2 Å². The number of carbonyl (C=O) groups excluding carboxylic acids is 3. The third-order valence-corrected chi connectivity index (χ3v) is 4.55. The average molecular weight is 434 g/mol. The van der Waals surface area contributed by atoms with Gasteiger partial charge in [-0.1, -0.05) is 13.8 Å². The van der Waals surface area contributed by atoms with E-state index in [-0.39, 0.29) is 18.1 Å². The number of nitrogens with one attached hydrogen (secondary N) is 3. The van der Waals surface area contributed by atoms with Crippen LogP contribution in [0.4, 0.5) is 0 Å². The lowest BCUT2D eigenvalue weighted by Crippen LogP contribution is -2.57. The molecular formula is C18H35N5O5S. The van der Waals surface area contributed by atoms with E-state index in [4.69, 9.17) is 16.6 Å². The van der Waals surface area contributed by atoms with Gasteiger partial charge in [0.1, 0.15) is 18.1 Å². The minimum atomic E-state index is -1.19. The summed E-state index contributed by atoms with van der Waals surface area (Å²) in [6.07, 6.45) is 1.95. The third-order valence-electron chi connectivity index (χ3n) is 4.19. The van der Waals surface area contributed by atoms with Crippen molar-refractivity contribution in [3.05, 3.63) is 0 Å². The SMILES string of the molecule is CC(C)CC(N)C(=O)NC(CS)C(=O)NC(CCCCN)C(=O)NC(C)C(=O)O. The van der Waals surface area contributed by atoms with Crippen molar-refractivity contribution in [3.63, 3.8) is 0 Å². The van der Waals surface area contributed by atoms with Crippen molar-refractivity contribution < 1.29 is 24.3 Å². The molecule has 0 aromatic heterocycles. The molecule has 168 valence electrons. The third kappa shape index (κ3) is 11.1. The number of aliphatic carboxylic acids is 1. The van der Waals surface area contributed by atoms with Crippen LogP contribution >= 0.6 is 12.6 Å². The number of hydrogen-bond acceptors (Lipinski definition) is 7. The molecule has 4 atom stereocenters. The molecule has 10 nitrogen and oxygen atoms in total. The highest BCUT2D eigenvalue weighted by Gasteiger charge is 2.28. The first-order valence-corrected chi connectivity index (χ1v) is 10.4. The maximum atomic E-state index is 12.6. The second-order valence-electron chi connectivity index (χ2n) is 7.39. The number of amides is 3. The first-order chi connectivity index (χ1) is 13.5. The monoisotopic (exact) mass is 433 g/mol. The molecular weight excluding hydrogens is 398 g/mol. The van der Waals surface area contributed by atoms with Gasteiger partial charge in [-0.2, -0.15) is 12.6 Å². The summed E-state index contributed by atoms with van der Waals surface area (Å²) in [5.41, 5.74) is 11.3. The fraction of sp³-hybridized carbons (Fsp3) is 0.778. The van der Waals surface area contributed by atoms with Gasteiger partial charge in [0.15, 0.2) is 0 Å². The van der Waals surface area contributed by atoms with Gasteiger partial charge in [-0.25, -0.2) is 0 Å². The maximum absolute atomic E-state index is 12.6. The summed E-state index contributed by atoms with van der Waals surface area (Å²) < 4.78 is 0. The van der Waals surface area contributed by atoms with Crippen LogP contribution in [0.5, 0.6) is 0 Å². The van der Waals surface area contributed by atoms with Crippen LogP contribution in [0.3, 0.4) is 0 Å². The molecule has 3 amide bonds. The van der Waals surface area contributed by atoms with E-state index in [2.05, 4.69) is 28.6 Å². The Kier molecular flexibility index (Phi) is 13.3. The summed E-state index contributed by atoms with van der Waals surface area (Å²) in [6, 6.07) is -3.80. The van der Waals surface area contributed by atoms with Crippen molar-refractivity contribution in [2.75, 3.05) is 12.3 Å². The standard InChI is InChI=1S/C18H35N5O5S/c1-10(2)8-12(20)15(24)23-14(9-29)17(26)22-13(6-4-5-7-19)16(25)21-11(3)18(27)28/h10-14,29H,4-9,19-20H2,1-3H3,(H,21,25)(H,22,26)(H,23,24)(H,27,28). The van der Waals surface area contributed by atoms with Crippen LogP contribution < -0.4 is 27.4 Å². The zero-order chi connectivity index (χ0) is 22.6. The minimum absolute atomic E-state index is 0.00857. The number of carbonyl (C=O) groups is 4. The molecule has 0 bridgehead atoms. The second kappa shape index (κ2) is 14.2. The van der Waals surface area contributed by atoms with E-state index >= 15 is 0 Å². The average Bonchev–Trinajstić information content (AvgIpc) is 2.64. The lowest BCUT2D eigenvalue weighted by Gasteiger charge is -2.24. The van der Waals surface area contributed by atoms with Crippen molar-refractivity contribution in [2.45, 2.75) is 70.6 Å². The fourth-order valence-electron chi connectivity index (χ4n) is 2.50. The van der Waals surface area contributed by atoms with Gasteiger partial charge < -0.3 is 32.5 Å². The van der Waals surface area contributed by atoms with E-state index in [0.29, 0.717) is 25.8 Å². The van der Waals surface area contributed by atoms with Crippen LogP contribution in [0.15, 0.2) is 0 Å². The maximum Gasteiger partial charge on any atom is 0.325 e. The molecule has 8 N–H and O–H groups in total. The van der Waals surface area contributed by atoms with E-state index < -0.39 is 47.9 Å². The zero-order valence-electron chi connectivity index (χ0n) is 17.3. The molecule has 0 fully saturated rings. The van der Waals surface area contributed by atoms with Gasteiger partial charge in [0, 0.05) is 5.75 Å². The van der Waals surface area contributed by atoms with E-state index in [1.54, 1.807) is 0 Å². The number of thiol groups is 1. The Labute approximate surface area is 177 Å². The summed E-state index contributed by atoms with van der Waals surface area (Å²) in [5.74, 6) is -2.66. The predicted molar refractivity (Wildman–Crippen MR) is 113 cm³/mol. The number of rotatable bonds is 14. The molecule has 0 saturated heterocycles. The molecule has 11 heteroatoms. The van der Waals surface area contributed by atoms with Gasteiger partial charge in [-0.15, -0.1) is 0 Å². The molecule has 0 aliphatic heterocycles. The van der Waals surface area contributed by atoms with Crippen LogP contribution in [0.25, 0.3) is 0 Å². The van der Waals surface area contributed by atoms with Gasteiger partial charge >= 0.3 is 5.97 Å². The molecule has 0 aromatic rings. The lowest BCUT2D eigenvalue weighted by atomic mass is 10.0. The van der Waals surface area contributed by atoms with E-state index in [1.165, 1.54) is 6.92 Å². The smallest absolute Gasteiger partial charge is 0.325 e. The van der Waals surface area contributed by atoms with Crippen molar-refractivity contribution in [2.24, 2.45) is 17.4 Å². The van der Waals surface area contributed by atoms with Crippen molar-refractivity contribution in [1.82, 2.24) is 16.0 Å². The Bertz CT molecular complexity index is 561. The first kappa shape index (κ1) is 27.1. The molecule has 0 spiro atoms. The highest BCUT2D eigenvalue weighted by atomic mass is 32.1. The Morgan fingerprint density at radius 1 is 0.931 bits per heavy atom. The molecule has 0 aliphatic rings. The van der Waals surface area contributed by atoms with Gasteiger partial charge in [0.2, 0.25) is 17.7 Å². The summed E-state index contributed by atoms with van der Waals surface area (Å²) in [7, 11) is 0. The molecule has 4 unspecified atom stereocenters. The number of carboxylic acid groups (broad SMARTS) is 1. The van der Waals surface area contributed by atoms with Crippen LogP contribution in [0.2, 0.25) is 0 Å². The lowest BCUT2D eigenvalue weighted by molar-refractivity contribution is -0.141. The molecule has 29 heavy (non-hydrogen) atoms. The molecule has 0 aliphatic carbocycles. The van der Waals surface area contributed by atoms with E-state index in [0.717, 1.165) is 0 Å². The van der Waals surface area contributed by atoms with Crippen LogP contribution in [0.1, 0.15) is 46.5 Å². The quantitative estimate of drug-likeness (QED) is 0.135. The fourth-order valence-corrected chi connectivity index (χ4v) is 2.75. The number of nitrogens with two attached hydrogens (primary N) is 2. The van der Waals surface area contributed by atoms with Crippen molar-refractivity contribution in [1.29, 1.82) is 0 Å². The number of unbranched alkanes of at least 4 members (excludes halogenated alkanes) is 1. The first-order valence-electron chi connectivity index (χ1n) is 9.73. The summed E-state index contributed by atoms with van der Waals surface area (Å²) in [4.78, 5) is 48.2. The second-order valence-corrected chi connectivity index (χ2v) is 7.76. The summed E-state index contributed by atoms with van der Waals surface area (Å²) >= 11 is 4.10. The molecule has 0 rings (SSSR count). The van der Waals surface area contributed by atoms with E-state index in [1.807, 2.05) is 13.8 Å². The molecule has 0 radical (unpaired) electrons.